The van der Waals surface area contributed by atoms with Gasteiger partial charge in [-0.2, -0.15) is 0 Å². The van der Waals surface area contributed by atoms with Gasteiger partial charge in [-0.05, 0) is 15.9 Å². The van der Waals surface area contributed by atoms with Crippen LogP contribution in [-0.2, 0) is 6.42 Å². The predicted molar refractivity (Wildman–Crippen MR) is 123 cm³/mol. The van der Waals surface area contributed by atoms with E-state index in [2.05, 4.69) is 142 Å². The zero-order valence-electron chi connectivity index (χ0n) is 9.86. The summed E-state index contributed by atoms with van der Waals surface area (Å²) < 4.78 is -2.17. The summed E-state index contributed by atoms with van der Waals surface area (Å²) in [5.41, 5.74) is 0. The molecule has 1 rings (SSSR count). The number of hydrogen-bond donors (Lipinski definition) is 0. The van der Waals surface area contributed by atoms with Gasteiger partial charge in [0.2, 0.25) is 2.70 Å². The van der Waals surface area contributed by atoms with E-state index in [0.717, 1.165) is 0 Å². The number of nitrogens with zero attached hydrogens (tertiary/aromatic N) is 3. The predicted octanol–water partition coefficient (Wildman–Crippen LogP) is 8.24. The van der Waals surface area contributed by atoms with Crippen LogP contribution in [0.25, 0.3) is 0 Å². The van der Waals surface area contributed by atoms with Crippen LogP contribution in [0.15, 0.2) is 6.33 Å². The van der Waals surface area contributed by atoms with Crippen molar-refractivity contribution in [2.45, 2.75) is 18.2 Å². The van der Waals surface area contributed by atoms with Crippen LogP contribution in [0.4, 0.5) is 0 Å². The van der Waals surface area contributed by atoms with E-state index >= 15 is 0 Å². The van der Waals surface area contributed by atoms with Crippen LogP contribution in [-0.4, -0.2) is 21.9 Å². The Morgan fingerprint density at radius 1 is 0.955 bits per heavy atom. The van der Waals surface area contributed by atoms with E-state index in [0.29, 0.717) is 18.1 Å². The van der Waals surface area contributed by atoms with E-state index in [4.69, 9.17) is 34.8 Å². The molecule has 0 aliphatic heterocycles. The molecule has 0 aliphatic rings. The third-order valence-corrected chi connectivity index (χ3v) is 6.67. The summed E-state index contributed by atoms with van der Waals surface area (Å²) in [5.74, 6) is 1.29. The second-order valence-corrected chi connectivity index (χ2v) is 23.3. The maximum absolute atomic E-state index is 4.98. The van der Waals surface area contributed by atoms with Crippen molar-refractivity contribution in [2.75, 3.05) is 0 Å². The van der Waals surface area contributed by atoms with Gasteiger partial charge in [0, 0.05) is 6.42 Å². The number of aromatic nitrogens is 3. The van der Waals surface area contributed by atoms with E-state index in [-0.39, 0.29) is 4.83 Å². The zero-order valence-corrected chi connectivity index (χ0v) is 24.8. The molecule has 0 saturated heterocycles. The SMILES string of the molecule is BrC(c1ncnc(CC(Br)(Br)Br)n1)C(Br)(Br)Br.ClC(Cl)(Cl)Br. The molecule has 1 aromatic heterocycles. The maximum Gasteiger partial charge on any atom is 0.245 e. The number of rotatable bonds is 2. The van der Waals surface area contributed by atoms with Gasteiger partial charge in [0.15, 0.2) is 2.14 Å². The van der Waals surface area contributed by atoms with Crippen molar-refractivity contribution in [1.29, 1.82) is 0 Å². The van der Waals surface area contributed by atoms with Crippen LogP contribution < -0.4 is 0 Å². The summed E-state index contributed by atoms with van der Waals surface area (Å²) in [6.07, 6.45) is 2.06. The van der Waals surface area contributed by atoms with Gasteiger partial charge in [0.05, 0.1) is 0 Å². The summed E-state index contributed by atoms with van der Waals surface area (Å²) in [6, 6.07) is 0. The Kier molecular flexibility index (Phi) is 12.7. The Morgan fingerprint density at radius 2 is 1.41 bits per heavy atom. The molecule has 0 fully saturated rings. The van der Waals surface area contributed by atoms with E-state index in [1.54, 1.807) is 0 Å². The highest BCUT2D eigenvalue weighted by molar-refractivity contribution is 9.40. The van der Waals surface area contributed by atoms with Gasteiger partial charge in [-0.25, -0.2) is 15.0 Å². The first kappa shape index (κ1) is 25.7. The van der Waals surface area contributed by atoms with Gasteiger partial charge in [0.1, 0.15) is 24.9 Å². The fraction of sp³-hybridized carbons (Fsp3) is 0.625. The molecule has 0 aliphatic carbocycles. The fourth-order valence-electron chi connectivity index (χ4n) is 0.878. The largest absolute Gasteiger partial charge is 0.245 e. The smallest absolute Gasteiger partial charge is 0.221 e. The summed E-state index contributed by atoms with van der Waals surface area (Å²) in [4.78, 5) is 12.5. The van der Waals surface area contributed by atoms with Crippen LogP contribution in [0.1, 0.15) is 16.5 Å². The molecule has 1 unspecified atom stereocenters. The zero-order chi connectivity index (χ0) is 17.8. The molecule has 128 valence electrons. The van der Waals surface area contributed by atoms with Gasteiger partial charge in [-0.15, -0.1) is 0 Å². The van der Waals surface area contributed by atoms with Gasteiger partial charge < -0.3 is 0 Å². The molecule has 0 spiro atoms. The Balaban J connectivity index is 0.000000763. The van der Waals surface area contributed by atoms with Crippen LogP contribution >= 0.6 is 162 Å². The highest BCUT2D eigenvalue weighted by Gasteiger charge is 2.32. The first-order valence-corrected chi connectivity index (χ1v) is 12.4. The minimum absolute atomic E-state index is 0.146. The van der Waals surface area contributed by atoms with Gasteiger partial charge >= 0.3 is 0 Å². The van der Waals surface area contributed by atoms with E-state index in [1.807, 2.05) is 0 Å². The molecule has 0 saturated carbocycles. The average Bonchev–Trinajstić information content (AvgIpc) is 2.22. The summed E-state index contributed by atoms with van der Waals surface area (Å²) in [7, 11) is 0. The maximum atomic E-state index is 4.98. The van der Waals surface area contributed by atoms with Gasteiger partial charge in [-0.3, -0.25) is 0 Å². The first-order valence-electron chi connectivity index (χ1n) is 4.80. The second-order valence-electron chi connectivity index (χ2n) is 3.38. The summed E-state index contributed by atoms with van der Waals surface area (Å²) in [6.45, 7) is 0. The Hall–Kier alpha value is 3.72. The average molecular weight is 888 g/mol. The van der Waals surface area contributed by atoms with Crippen molar-refractivity contribution in [1.82, 2.24) is 15.0 Å². The molecule has 0 bridgehead atoms. The fourth-order valence-corrected chi connectivity index (χ4v) is 2.46. The number of halogens is 11. The monoisotopic (exact) mass is 878 g/mol. The molecular weight excluding hydrogens is 884 g/mol. The van der Waals surface area contributed by atoms with Crippen molar-refractivity contribution in [2.24, 2.45) is 0 Å². The topological polar surface area (TPSA) is 38.7 Å². The van der Waals surface area contributed by atoms with Crippen LogP contribution in [0.2, 0.25) is 0 Å². The van der Waals surface area contributed by atoms with Crippen molar-refractivity contribution in [3.8, 4) is 0 Å². The highest BCUT2D eigenvalue weighted by atomic mass is 80.0. The molecule has 0 amide bonds. The minimum atomic E-state index is -1.27. The highest BCUT2D eigenvalue weighted by Crippen LogP contribution is 2.49. The molecule has 3 nitrogen and oxygen atoms in total. The normalized spacial score (nSPS) is 14.1. The lowest BCUT2D eigenvalue weighted by Gasteiger charge is -2.18. The Bertz CT molecular complexity index is 467. The van der Waals surface area contributed by atoms with E-state index < -0.39 is 6.99 Å². The van der Waals surface area contributed by atoms with Gasteiger partial charge in [-0.1, -0.05) is 146 Å². The van der Waals surface area contributed by atoms with Crippen molar-refractivity contribution in [3.05, 3.63) is 18.0 Å². The lowest BCUT2D eigenvalue weighted by molar-refractivity contribution is 0.809. The minimum Gasteiger partial charge on any atom is -0.221 e. The standard InChI is InChI=1S/C7H4Br7N3.CBrCl3/c8-4(7(12,13)14)5-16-2-15-3(17-5)1-6(9,10)11;2-1(3,4)5/h2,4H,1H2;. The molecule has 0 radical (unpaired) electrons. The lowest BCUT2D eigenvalue weighted by Crippen LogP contribution is -2.16. The number of alkyl halides is 11. The first-order chi connectivity index (χ1) is 9.59. The van der Waals surface area contributed by atoms with E-state index in [9.17, 15) is 0 Å². The summed E-state index contributed by atoms with van der Waals surface area (Å²) >= 11 is 41.6. The Labute approximate surface area is 210 Å². The summed E-state index contributed by atoms with van der Waals surface area (Å²) in [5, 5.41) is 0. The molecule has 0 N–H and O–H groups in total. The quantitative estimate of drug-likeness (QED) is 0.281. The molecule has 14 heteroatoms. The molecule has 1 aromatic rings. The van der Waals surface area contributed by atoms with Crippen LogP contribution in [0.3, 0.4) is 0 Å². The Morgan fingerprint density at radius 3 is 1.77 bits per heavy atom. The molecule has 0 aromatic carbocycles. The number of hydrogen-bond acceptors (Lipinski definition) is 3. The molecular formula is C8H4Br8Cl3N3. The molecule has 1 atom stereocenters. The van der Waals surface area contributed by atoms with E-state index in [1.165, 1.54) is 6.33 Å². The van der Waals surface area contributed by atoms with Crippen LogP contribution in [0, 0.1) is 0 Å². The van der Waals surface area contributed by atoms with Crippen molar-refractivity contribution < 1.29 is 0 Å². The third kappa shape index (κ3) is 14.8. The van der Waals surface area contributed by atoms with Crippen molar-refractivity contribution in [3.63, 3.8) is 0 Å². The third-order valence-electron chi connectivity index (χ3n) is 1.51. The van der Waals surface area contributed by atoms with Crippen LogP contribution in [0.5, 0.6) is 0 Å². The second kappa shape index (κ2) is 10.9. The molecule has 22 heavy (non-hydrogen) atoms. The molecule has 1 heterocycles. The van der Waals surface area contributed by atoms with Crippen molar-refractivity contribution >= 4 is 162 Å². The van der Waals surface area contributed by atoms with Gasteiger partial charge in [0.25, 0.3) is 0 Å². The lowest BCUT2D eigenvalue weighted by atomic mass is 10.4.